The molecule has 0 spiro atoms. The van der Waals surface area contributed by atoms with E-state index in [4.69, 9.17) is 4.74 Å². The molecule has 0 unspecified atom stereocenters. The summed E-state index contributed by atoms with van der Waals surface area (Å²) < 4.78 is 33.4. The van der Waals surface area contributed by atoms with Crippen LogP contribution in [0.15, 0.2) is 67.0 Å². The van der Waals surface area contributed by atoms with Gasteiger partial charge < -0.3 is 20.4 Å². The van der Waals surface area contributed by atoms with E-state index in [1.54, 1.807) is 24.5 Å². The molecular weight excluding hydrogens is 430 g/mol. The lowest BCUT2D eigenvalue weighted by Gasteiger charge is -2.16. The van der Waals surface area contributed by atoms with Crippen molar-refractivity contribution < 1.29 is 23.1 Å². The Morgan fingerprint density at radius 2 is 1.61 bits per heavy atom. The van der Waals surface area contributed by atoms with Gasteiger partial charge in [-0.1, -0.05) is 0 Å². The van der Waals surface area contributed by atoms with Crippen molar-refractivity contribution in [3.05, 3.63) is 78.6 Å². The van der Waals surface area contributed by atoms with Gasteiger partial charge in [0, 0.05) is 29.8 Å². The summed E-state index contributed by atoms with van der Waals surface area (Å²) in [4.78, 5) is 32.6. The SMILES string of the molecule is O=C(Nc1ccc(F)cc1)C1(C(=O)Nc2ccc(Oc3ccnc4[nH]ccc34)c(F)c2)CC1. The second-order valence-corrected chi connectivity index (χ2v) is 7.79. The largest absolute Gasteiger partial charge is 0.453 e. The number of hydrogen-bond acceptors (Lipinski definition) is 4. The van der Waals surface area contributed by atoms with E-state index in [0.29, 0.717) is 35.3 Å². The van der Waals surface area contributed by atoms with E-state index >= 15 is 0 Å². The summed E-state index contributed by atoms with van der Waals surface area (Å²) in [5.74, 6) is -1.70. The lowest BCUT2D eigenvalue weighted by Crippen LogP contribution is -2.35. The molecule has 3 N–H and O–H groups in total. The van der Waals surface area contributed by atoms with Crippen molar-refractivity contribution in [3.63, 3.8) is 0 Å². The maximum atomic E-state index is 14.7. The van der Waals surface area contributed by atoms with Crippen molar-refractivity contribution in [3.8, 4) is 11.5 Å². The molecule has 0 atom stereocenters. The number of rotatable bonds is 6. The van der Waals surface area contributed by atoms with Gasteiger partial charge in [-0.3, -0.25) is 9.59 Å². The minimum absolute atomic E-state index is 0.0168. The molecule has 0 bridgehead atoms. The molecule has 5 rings (SSSR count). The highest BCUT2D eigenvalue weighted by molar-refractivity contribution is 6.16. The summed E-state index contributed by atoms with van der Waals surface area (Å²) >= 11 is 0. The summed E-state index contributed by atoms with van der Waals surface area (Å²) in [6, 6.07) is 12.7. The van der Waals surface area contributed by atoms with Crippen molar-refractivity contribution in [2.75, 3.05) is 10.6 Å². The van der Waals surface area contributed by atoms with Crippen LogP contribution in [0.5, 0.6) is 11.5 Å². The highest BCUT2D eigenvalue weighted by Crippen LogP contribution is 2.47. The van der Waals surface area contributed by atoms with Crippen molar-refractivity contribution in [1.29, 1.82) is 0 Å². The molecule has 2 heterocycles. The summed E-state index contributed by atoms with van der Waals surface area (Å²) in [5.41, 5.74) is -0.0323. The standard InChI is InChI=1S/C24H18F2N4O3/c25-14-1-3-15(4-2-14)29-22(31)24(9-10-24)23(32)30-16-5-6-20(18(26)13-16)33-19-8-12-28-21-17(19)7-11-27-21/h1-8,11-13H,9-10H2,(H,27,28)(H,29,31)(H,30,32). The maximum Gasteiger partial charge on any atom is 0.240 e. The van der Waals surface area contributed by atoms with Gasteiger partial charge in [0.2, 0.25) is 11.8 Å². The second kappa shape index (κ2) is 8.01. The van der Waals surface area contributed by atoms with Crippen LogP contribution in [0.2, 0.25) is 0 Å². The molecule has 2 aromatic heterocycles. The minimum Gasteiger partial charge on any atom is -0.453 e. The van der Waals surface area contributed by atoms with Gasteiger partial charge in [-0.2, -0.15) is 0 Å². The van der Waals surface area contributed by atoms with Crippen LogP contribution in [0.25, 0.3) is 11.0 Å². The first kappa shape index (κ1) is 20.6. The van der Waals surface area contributed by atoms with E-state index in [1.807, 2.05) is 0 Å². The molecule has 4 aromatic rings. The molecule has 0 saturated heterocycles. The summed E-state index contributed by atoms with van der Waals surface area (Å²) in [7, 11) is 0. The number of halogens is 2. The molecule has 33 heavy (non-hydrogen) atoms. The molecule has 1 aliphatic carbocycles. The molecule has 166 valence electrons. The predicted molar refractivity (Wildman–Crippen MR) is 118 cm³/mol. The average molecular weight is 448 g/mol. The fraction of sp³-hybridized carbons (Fsp3) is 0.125. The van der Waals surface area contributed by atoms with Crippen LogP contribution in [-0.4, -0.2) is 21.8 Å². The Hall–Kier alpha value is -4.27. The number of aromatic amines is 1. The van der Waals surface area contributed by atoms with Crippen molar-refractivity contribution in [1.82, 2.24) is 9.97 Å². The predicted octanol–water partition coefficient (Wildman–Crippen LogP) is 4.99. The van der Waals surface area contributed by atoms with Gasteiger partial charge in [0.05, 0.1) is 5.39 Å². The summed E-state index contributed by atoms with van der Waals surface area (Å²) in [6.07, 6.45) is 3.99. The number of aromatic nitrogens is 2. The highest BCUT2D eigenvalue weighted by Gasteiger charge is 2.56. The zero-order chi connectivity index (χ0) is 23.0. The zero-order valence-corrected chi connectivity index (χ0v) is 17.2. The topological polar surface area (TPSA) is 96.1 Å². The highest BCUT2D eigenvalue weighted by atomic mass is 19.1. The molecule has 7 nitrogen and oxygen atoms in total. The normalized spacial score (nSPS) is 14.0. The third-order valence-corrected chi connectivity index (χ3v) is 5.55. The lowest BCUT2D eigenvalue weighted by molar-refractivity contribution is -0.131. The smallest absolute Gasteiger partial charge is 0.240 e. The Balaban J connectivity index is 1.28. The number of nitrogens with one attached hydrogen (secondary N) is 3. The van der Waals surface area contributed by atoms with Crippen LogP contribution < -0.4 is 15.4 Å². The van der Waals surface area contributed by atoms with E-state index < -0.39 is 28.9 Å². The lowest BCUT2D eigenvalue weighted by atomic mass is 10.0. The van der Waals surface area contributed by atoms with Crippen LogP contribution >= 0.6 is 0 Å². The number of H-pyrrole nitrogens is 1. The van der Waals surface area contributed by atoms with E-state index in [0.717, 1.165) is 6.07 Å². The van der Waals surface area contributed by atoms with Crippen LogP contribution in [-0.2, 0) is 9.59 Å². The minimum atomic E-state index is -1.24. The average Bonchev–Trinajstić information content (AvgIpc) is 3.48. The molecule has 0 aliphatic heterocycles. The van der Waals surface area contributed by atoms with Crippen molar-refractivity contribution in [2.24, 2.45) is 5.41 Å². The van der Waals surface area contributed by atoms with E-state index in [1.165, 1.54) is 36.4 Å². The van der Waals surface area contributed by atoms with Crippen LogP contribution in [0.3, 0.4) is 0 Å². The van der Waals surface area contributed by atoms with Gasteiger partial charge in [-0.15, -0.1) is 0 Å². The van der Waals surface area contributed by atoms with Gasteiger partial charge in [0.25, 0.3) is 0 Å². The quantitative estimate of drug-likeness (QED) is 0.362. The fourth-order valence-electron chi connectivity index (χ4n) is 3.52. The number of nitrogens with zero attached hydrogens (tertiary/aromatic N) is 1. The fourth-order valence-corrected chi connectivity index (χ4v) is 3.52. The van der Waals surface area contributed by atoms with Gasteiger partial charge in [-0.25, -0.2) is 13.8 Å². The molecule has 1 aliphatic rings. The van der Waals surface area contributed by atoms with Crippen LogP contribution in [0.1, 0.15) is 12.8 Å². The number of pyridine rings is 1. The van der Waals surface area contributed by atoms with Gasteiger partial charge in [-0.05, 0) is 61.4 Å². The number of anilines is 2. The molecule has 0 radical (unpaired) electrons. The van der Waals surface area contributed by atoms with Gasteiger partial charge in [0.1, 0.15) is 22.6 Å². The van der Waals surface area contributed by atoms with Gasteiger partial charge in [0.15, 0.2) is 11.6 Å². The molecule has 2 amide bonds. The number of amides is 2. The molecule has 9 heteroatoms. The van der Waals surface area contributed by atoms with Crippen molar-refractivity contribution >= 4 is 34.2 Å². The third-order valence-electron chi connectivity index (χ3n) is 5.55. The molecule has 2 aromatic carbocycles. The molecular formula is C24H18F2N4O3. The number of benzene rings is 2. The first-order valence-electron chi connectivity index (χ1n) is 10.2. The van der Waals surface area contributed by atoms with Crippen LogP contribution in [0, 0.1) is 17.0 Å². The molecule has 1 fully saturated rings. The number of carbonyl (C=O) groups is 2. The Bertz CT molecular complexity index is 1360. The third kappa shape index (κ3) is 4.00. The Morgan fingerprint density at radius 3 is 2.30 bits per heavy atom. The first-order valence-corrected chi connectivity index (χ1v) is 10.2. The second-order valence-electron chi connectivity index (χ2n) is 7.79. The maximum absolute atomic E-state index is 14.7. The summed E-state index contributed by atoms with van der Waals surface area (Å²) in [5, 5.41) is 5.94. The van der Waals surface area contributed by atoms with E-state index in [9.17, 15) is 18.4 Å². The number of fused-ring (bicyclic) bond motifs is 1. The van der Waals surface area contributed by atoms with Crippen molar-refractivity contribution in [2.45, 2.75) is 12.8 Å². The van der Waals surface area contributed by atoms with Crippen LogP contribution in [0.4, 0.5) is 20.2 Å². The monoisotopic (exact) mass is 448 g/mol. The van der Waals surface area contributed by atoms with E-state index in [2.05, 4.69) is 20.6 Å². The number of carbonyl (C=O) groups excluding carboxylic acids is 2. The van der Waals surface area contributed by atoms with E-state index in [-0.39, 0.29) is 11.4 Å². The first-order chi connectivity index (χ1) is 15.9. The Labute approximate surface area is 186 Å². The number of hydrogen-bond donors (Lipinski definition) is 3. The zero-order valence-electron chi connectivity index (χ0n) is 17.2. The van der Waals surface area contributed by atoms with Gasteiger partial charge >= 0.3 is 0 Å². The molecule has 1 saturated carbocycles. The summed E-state index contributed by atoms with van der Waals surface area (Å²) in [6.45, 7) is 0. The Morgan fingerprint density at radius 1 is 0.909 bits per heavy atom. The Kier molecular flexibility index (Phi) is 5.01. The number of ether oxygens (including phenoxy) is 1.